The molecule has 19 rings (SSSR count). The van der Waals surface area contributed by atoms with E-state index < -0.39 is 5.41 Å². The van der Waals surface area contributed by atoms with Crippen LogP contribution in [0.4, 0.5) is 51.2 Å². The maximum atomic E-state index is 7.34. The number of anilines is 9. The molecule has 0 bridgehead atoms. The van der Waals surface area contributed by atoms with Gasteiger partial charge in [0, 0.05) is 50.9 Å². The summed E-state index contributed by atoms with van der Waals surface area (Å²) in [7, 11) is 0. The van der Waals surface area contributed by atoms with E-state index in [9.17, 15) is 0 Å². The highest BCUT2D eigenvalue weighted by atomic mass is 16.5. The van der Waals surface area contributed by atoms with Gasteiger partial charge in [0.15, 0.2) is 0 Å². The highest BCUT2D eigenvalue weighted by Gasteiger charge is 2.51. The fourth-order valence-corrected chi connectivity index (χ4v) is 18.4. The van der Waals surface area contributed by atoms with E-state index in [1.165, 1.54) is 94.2 Å². The van der Waals surface area contributed by atoms with Crippen molar-refractivity contribution in [2.45, 2.75) is 110 Å². The molecule has 518 valence electrons. The van der Waals surface area contributed by atoms with E-state index in [1.54, 1.807) is 0 Å². The normalized spacial score (nSPS) is 14.2. The van der Waals surface area contributed by atoms with Gasteiger partial charge in [0.1, 0.15) is 11.5 Å². The zero-order valence-electron chi connectivity index (χ0n) is 63.3. The molecule has 0 spiro atoms. The molecule has 0 unspecified atom stereocenters. The fourth-order valence-electron chi connectivity index (χ4n) is 18.4. The van der Waals surface area contributed by atoms with Crippen molar-refractivity contribution in [2.75, 3.05) is 14.7 Å². The molecule has 0 fully saturated rings. The van der Waals surface area contributed by atoms with Gasteiger partial charge >= 0.3 is 0 Å². The van der Waals surface area contributed by atoms with Gasteiger partial charge in [-0.15, -0.1) is 0 Å². The SMILES string of the molecule is CC(C)(C)c1cc(N2c3ccccc3B3c4cc5c(cc4N(c4ccc(C(C)(C)C)cc4-c4ccccc4)c4cc(-c6cccc7c6C(c6ccccc6)(c6ccccc6)c6ccccc6-7)cc2c43)N(c2ccccc2-c2ccccc2)c2cc(C(C)(C)C)cc3c2B5c2ccccc2O3)cc(C(C)(C)C)c1. The summed E-state index contributed by atoms with van der Waals surface area (Å²) in [5.41, 5.74) is 35.6. The van der Waals surface area contributed by atoms with E-state index in [0.717, 1.165) is 90.3 Å². The highest BCUT2D eigenvalue weighted by Crippen LogP contribution is 2.60. The molecule has 0 amide bonds. The minimum Gasteiger partial charge on any atom is -0.458 e. The summed E-state index contributed by atoms with van der Waals surface area (Å²) in [5, 5.41) is 0. The molecular formula is C101H87B2N3O. The number of rotatable bonds is 8. The smallest absolute Gasteiger partial charge is 0.256 e. The van der Waals surface area contributed by atoms with Crippen molar-refractivity contribution in [3.63, 3.8) is 0 Å². The van der Waals surface area contributed by atoms with Crippen LogP contribution < -0.4 is 52.2 Å². The zero-order valence-corrected chi connectivity index (χ0v) is 63.3. The Morgan fingerprint density at radius 2 is 0.729 bits per heavy atom. The maximum absolute atomic E-state index is 7.34. The summed E-state index contributed by atoms with van der Waals surface area (Å²) in [6, 6.07) is 119. The molecule has 14 aromatic rings. The Morgan fingerprint density at radius 3 is 1.35 bits per heavy atom. The minimum atomic E-state index is -0.699. The van der Waals surface area contributed by atoms with Crippen molar-refractivity contribution in [2.24, 2.45) is 0 Å². The van der Waals surface area contributed by atoms with E-state index >= 15 is 0 Å². The number of para-hydroxylation sites is 3. The summed E-state index contributed by atoms with van der Waals surface area (Å²) in [5.74, 6) is 1.79. The summed E-state index contributed by atoms with van der Waals surface area (Å²) < 4.78 is 7.34. The van der Waals surface area contributed by atoms with Crippen molar-refractivity contribution in [1.82, 2.24) is 0 Å². The molecule has 0 aromatic heterocycles. The number of benzene rings is 14. The maximum Gasteiger partial charge on any atom is 0.256 e. The van der Waals surface area contributed by atoms with Gasteiger partial charge in [0.05, 0.1) is 16.8 Å². The van der Waals surface area contributed by atoms with E-state index in [1.807, 2.05) is 0 Å². The summed E-state index contributed by atoms with van der Waals surface area (Å²) in [6.07, 6.45) is 0. The lowest BCUT2D eigenvalue weighted by atomic mass is 9.30. The second-order valence-corrected chi connectivity index (χ2v) is 34.4. The van der Waals surface area contributed by atoms with Gasteiger partial charge in [-0.2, -0.15) is 0 Å². The molecular weight excluding hydrogens is 1290 g/mol. The van der Waals surface area contributed by atoms with Crippen LogP contribution in [-0.2, 0) is 27.1 Å². The third kappa shape index (κ3) is 10.3. The van der Waals surface area contributed by atoms with Gasteiger partial charge in [-0.05, 0) is 205 Å². The Labute approximate surface area is 632 Å². The molecule has 0 radical (unpaired) electrons. The standard InChI is InChI=1S/C101H87B2N3O/c1-97(2,3)69-52-53-85(78(59-69)65-36-19-14-20-37-65)106-87-63-88-83(103-81-48-29-32-51-92(81)107-93-61-72(100(10,11)12)60-91(96(93)103)105(88)84-49-30-26-42-74(84)64-34-17-13-18-35-64)62-82(87)102-80-47-28-31-50-86(80)104(73-57-70(98(4,5)6)56-71(58-73)99(7,8)9)89-54-66(55-90(106)95(89)102)75-44-33-45-77-76-43-25-27-46-79(76)101(94(75)77,67-38-21-15-22-39-67)68-40-23-16-24-41-68/h13-63H,1-12H3. The lowest BCUT2D eigenvalue weighted by Gasteiger charge is -2.47. The molecule has 6 heteroatoms. The molecule has 0 saturated heterocycles. The summed E-state index contributed by atoms with van der Waals surface area (Å²) in [6.45, 7) is 27.8. The van der Waals surface area contributed by atoms with Crippen molar-refractivity contribution >= 4 is 97.4 Å². The Bertz CT molecular complexity index is 5860. The topological polar surface area (TPSA) is 19.0 Å². The predicted molar refractivity (Wildman–Crippen MR) is 455 cm³/mol. The number of hydrogen-bond donors (Lipinski definition) is 0. The third-order valence-corrected chi connectivity index (χ3v) is 23.8. The van der Waals surface area contributed by atoms with Gasteiger partial charge in [0.2, 0.25) is 0 Å². The summed E-state index contributed by atoms with van der Waals surface area (Å²) in [4.78, 5) is 8.03. The molecule has 107 heavy (non-hydrogen) atoms. The molecule has 4 nitrogen and oxygen atoms in total. The van der Waals surface area contributed by atoms with Crippen molar-refractivity contribution in [1.29, 1.82) is 0 Å². The van der Waals surface area contributed by atoms with Gasteiger partial charge in [-0.3, -0.25) is 0 Å². The molecule has 0 N–H and O–H groups in total. The van der Waals surface area contributed by atoms with Crippen molar-refractivity contribution in [3.8, 4) is 56.0 Å². The van der Waals surface area contributed by atoms with E-state index in [-0.39, 0.29) is 35.1 Å². The Hall–Kier alpha value is -11.6. The third-order valence-electron chi connectivity index (χ3n) is 23.8. The second-order valence-electron chi connectivity index (χ2n) is 34.4. The highest BCUT2D eigenvalue weighted by molar-refractivity contribution is 7.02. The monoisotopic (exact) mass is 1380 g/mol. The molecule has 4 heterocycles. The van der Waals surface area contributed by atoms with Crippen LogP contribution in [-0.4, -0.2) is 13.4 Å². The Morgan fingerprint density at radius 1 is 0.262 bits per heavy atom. The first-order valence-corrected chi connectivity index (χ1v) is 38.3. The van der Waals surface area contributed by atoms with E-state index in [2.05, 4.69) is 407 Å². The minimum absolute atomic E-state index is 0.164. The number of nitrogens with zero attached hydrogens (tertiary/aromatic N) is 3. The lowest BCUT2D eigenvalue weighted by molar-refractivity contribution is 0.483. The Kier molecular flexibility index (Phi) is 15.0. The van der Waals surface area contributed by atoms with Gasteiger partial charge in [-0.25, -0.2) is 0 Å². The Balaban J connectivity index is 1.00. The predicted octanol–water partition coefficient (Wildman–Crippen LogP) is 22.7. The average molecular weight is 1380 g/mol. The number of hydrogen-bond acceptors (Lipinski definition) is 4. The summed E-state index contributed by atoms with van der Waals surface area (Å²) >= 11 is 0. The van der Waals surface area contributed by atoms with Gasteiger partial charge in [-0.1, -0.05) is 320 Å². The molecule has 0 saturated carbocycles. The van der Waals surface area contributed by atoms with Crippen LogP contribution in [0.15, 0.2) is 309 Å². The van der Waals surface area contributed by atoms with Crippen LogP contribution in [0.3, 0.4) is 0 Å². The number of ether oxygens (including phenoxy) is 1. The van der Waals surface area contributed by atoms with Gasteiger partial charge < -0.3 is 19.4 Å². The first kappa shape index (κ1) is 66.1. The van der Waals surface area contributed by atoms with Crippen LogP contribution in [0.2, 0.25) is 0 Å². The van der Waals surface area contributed by atoms with Crippen LogP contribution in [0.5, 0.6) is 11.5 Å². The van der Waals surface area contributed by atoms with Gasteiger partial charge in [0.25, 0.3) is 13.4 Å². The molecule has 14 aromatic carbocycles. The zero-order chi connectivity index (χ0) is 73.2. The average Bonchev–Trinajstić information content (AvgIpc) is 1.68. The second kappa shape index (κ2) is 24.2. The van der Waals surface area contributed by atoms with Crippen molar-refractivity contribution < 1.29 is 4.74 Å². The van der Waals surface area contributed by atoms with E-state index in [0.29, 0.717) is 0 Å². The molecule has 0 atom stereocenters. The molecule has 1 aliphatic carbocycles. The van der Waals surface area contributed by atoms with Crippen LogP contribution >= 0.6 is 0 Å². The lowest BCUT2D eigenvalue weighted by Crippen LogP contribution is -2.64. The number of fused-ring (bicyclic) bond motifs is 11. The first-order chi connectivity index (χ1) is 51.6. The van der Waals surface area contributed by atoms with Crippen molar-refractivity contribution in [3.05, 3.63) is 354 Å². The quantitative estimate of drug-likeness (QED) is 0.141. The molecule has 5 aliphatic rings. The van der Waals surface area contributed by atoms with Crippen LogP contribution in [0.1, 0.15) is 128 Å². The fraction of sp³-hybridized carbons (Fsp3) is 0.168. The van der Waals surface area contributed by atoms with E-state index in [4.69, 9.17) is 4.74 Å². The largest absolute Gasteiger partial charge is 0.458 e. The molecule has 4 aliphatic heterocycles. The first-order valence-electron chi connectivity index (χ1n) is 38.3. The van der Waals surface area contributed by atoms with Crippen LogP contribution in [0.25, 0.3) is 44.5 Å². The van der Waals surface area contributed by atoms with Crippen LogP contribution in [0, 0.1) is 0 Å².